The number of carbonyl (C=O) groups is 3. The number of aliphatic carboxylic acids is 1. The Balaban J connectivity index is 1.26. The van der Waals surface area contributed by atoms with E-state index in [0.717, 1.165) is 30.4 Å². The van der Waals surface area contributed by atoms with Gasteiger partial charge in [0.25, 0.3) is 5.91 Å². The highest BCUT2D eigenvalue weighted by Gasteiger charge is 2.41. The molecule has 1 aliphatic carbocycles. The Kier molecular flexibility index (Phi) is 9.61. The molecule has 3 N–H and O–H groups in total. The first kappa shape index (κ1) is 31.2. The lowest BCUT2D eigenvalue weighted by Crippen LogP contribution is -2.51. The Morgan fingerprint density at radius 1 is 0.932 bits per heavy atom. The number of tetrazole rings is 1. The number of amides is 2. The van der Waals surface area contributed by atoms with Gasteiger partial charge in [-0.1, -0.05) is 84.9 Å². The van der Waals surface area contributed by atoms with Crippen molar-refractivity contribution in [2.75, 3.05) is 5.32 Å². The van der Waals surface area contributed by atoms with Gasteiger partial charge in [0, 0.05) is 24.7 Å². The number of carbonyl (C=O) groups excluding carboxylic acids is 2. The van der Waals surface area contributed by atoms with Gasteiger partial charge in [0.05, 0.1) is 21.0 Å². The van der Waals surface area contributed by atoms with Crippen LogP contribution in [-0.2, 0) is 29.5 Å². The van der Waals surface area contributed by atoms with Crippen LogP contribution in [0.15, 0.2) is 66.7 Å². The Bertz CT molecular complexity index is 1630. The van der Waals surface area contributed by atoms with Gasteiger partial charge >= 0.3 is 5.97 Å². The van der Waals surface area contributed by atoms with Crippen molar-refractivity contribution >= 4 is 46.7 Å². The number of carboxylic acid groups (broad SMARTS) is 1. The van der Waals surface area contributed by atoms with Gasteiger partial charge in [0.1, 0.15) is 6.04 Å². The SMILES string of the molecule is Cn1nnnc1-c1ccc(CC2(C(=O)N[C@@H](Cc3ccc(NC(=O)c4c(Cl)cccc4Cl)cc3)C(=O)O)CCCCC2)cc1. The summed E-state index contributed by atoms with van der Waals surface area (Å²) in [5.41, 5.74) is 2.51. The Morgan fingerprint density at radius 2 is 1.57 bits per heavy atom. The van der Waals surface area contributed by atoms with Crippen LogP contribution in [0, 0.1) is 5.41 Å². The minimum atomic E-state index is -1.12. The van der Waals surface area contributed by atoms with Gasteiger partial charge in [-0.3, -0.25) is 9.59 Å². The highest BCUT2D eigenvalue weighted by molar-refractivity contribution is 6.40. The minimum absolute atomic E-state index is 0.0855. The lowest BCUT2D eigenvalue weighted by molar-refractivity contribution is -0.144. The molecule has 3 aromatic carbocycles. The van der Waals surface area contributed by atoms with Crippen LogP contribution in [-0.4, -0.2) is 49.1 Å². The van der Waals surface area contributed by atoms with Crippen molar-refractivity contribution in [3.8, 4) is 11.4 Å². The van der Waals surface area contributed by atoms with Gasteiger partial charge in [0.2, 0.25) is 5.91 Å². The first-order chi connectivity index (χ1) is 21.1. The molecular weight excluding hydrogens is 603 g/mol. The van der Waals surface area contributed by atoms with Crippen LogP contribution < -0.4 is 10.6 Å². The van der Waals surface area contributed by atoms with Crippen molar-refractivity contribution < 1.29 is 19.5 Å². The third-order valence-electron chi connectivity index (χ3n) is 8.11. The number of nitrogens with one attached hydrogen (secondary N) is 2. The average molecular weight is 636 g/mol. The van der Waals surface area contributed by atoms with E-state index in [1.54, 1.807) is 54.2 Å². The summed E-state index contributed by atoms with van der Waals surface area (Å²) in [7, 11) is 1.77. The van der Waals surface area contributed by atoms with E-state index in [0.29, 0.717) is 36.3 Å². The monoisotopic (exact) mass is 634 g/mol. The summed E-state index contributed by atoms with van der Waals surface area (Å²) in [4.78, 5) is 38.8. The summed E-state index contributed by atoms with van der Waals surface area (Å²) < 4.78 is 1.59. The Morgan fingerprint density at radius 3 is 2.16 bits per heavy atom. The molecule has 5 rings (SSSR count). The largest absolute Gasteiger partial charge is 0.480 e. The van der Waals surface area contributed by atoms with Crippen LogP contribution in [0.1, 0.15) is 53.6 Å². The van der Waals surface area contributed by atoms with E-state index in [1.807, 2.05) is 24.3 Å². The van der Waals surface area contributed by atoms with Gasteiger partial charge in [-0.15, -0.1) is 5.10 Å². The van der Waals surface area contributed by atoms with E-state index in [1.165, 1.54) is 0 Å². The molecular formula is C32H32Cl2N6O4. The topological polar surface area (TPSA) is 139 Å². The molecule has 1 aromatic heterocycles. The molecule has 4 aromatic rings. The van der Waals surface area contributed by atoms with Gasteiger partial charge < -0.3 is 15.7 Å². The van der Waals surface area contributed by atoms with Gasteiger partial charge in [-0.05, 0) is 65.1 Å². The third-order valence-corrected chi connectivity index (χ3v) is 8.74. The Labute approximate surface area is 264 Å². The summed E-state index contributed by atoms with van der Waals surface area (Å²) in [6.07, 6.45) is 4.81. The van der Waals surface area contributed by atoms with E-state index in [-0.39, 0.29) is 27.9 Å². The normalized spacial score (nSPS) is 14.9. The molecule has 0 spiro atoms. The highest BCUT2D eigenvalue weighted by atomic mass is 35.5. The number of carboxylic acids is 1. The number of aromatic nitrogens is 4. The van der Waals surface area contributed by atoms with Crippen molar-refractivity contribution in [1.29, 1.82) is 0 Å². The molecule has 2 amide bonds. The van der Waals surface area contributed by atoms with Gasteiger partial charge in [0.15, 0.2) is 5.82 Å². The van der Waals surface area contributed by atoms with Crippen molar-refractivity contribution in [1.82, 2.24) is 25.5 Å². The number of hydrogen-bond donors (Lipinski definition) is 3. The third kappa shape index (κ3) is 7.09. The molecule has 44 heavy (non-hydrogen) atoms. The van der Waals surface area contributed by atoms with Crippen LogP contribution in [0.25, 0.3) is 11.4 Å². The number of benzene rings is 3. The van der Waals surface area contributed by atoms with Crippen molar-refractivity contribution in [3.63, 3.8) is 0 Å². The molecule has 12 heteroatoms. The molecule has 10 nitrogen and oxygen atoms in total. The minimum Gasteiger partial charge on any atom is -0.480 e. The van der Waals surface area contributed by atoms with Crippen LogP contribution in [0.4, 0.5) is 5.69 Å². The standard InChI is InChI=1S/C32H32Cl2N6O4/c1-40-28(37-38-39-40)22-12-8-21(9-13-22)19-32(16-3-2-4-17-32)31(44)36-26(30(42)43)18-20-10-14-23(15-11-20)35-29(41)27-24(33)6-5-7-25(27)34/h5-15,26H,2-4,16-19H2,1H3,(H,35,41)(H,36,44)(H,42,43)/t26-/m0/s1. The second kappa shape index (κ2) is 13.6. The van der Waals surface area contributed by atoms with Crippen molar-refractivity contribution in [3.05, 3.63) is 93.5 Å². The number of hydrogen-bond acceptors (Lipinski definition) is 6. The fourth-order valence-corrected chi connectivity index (χ4v) is 6.30. The van der Waals surface area contributed by atoms with E-state index < -0.39 is 23.3 Å². The van der Waals surface area contributed by atoms with Crippen LogP contribution in [0.5, 0.6) is 0 Å². The number of anilines is 1. The van der Waals surface area contributed by atoms with Gasteiger partial charge in [-0.2, -0.15) is 0 Å². The quantitative estimate of drug-likeness (QED) is 0.202. The summed E-state index contributed by atoms with van der Waals surface area (Å²) in [6.45, 7) is 0. The maximum Gasteiger partial charge on any atom is 0.326 e. The molecule has 1 heterocycles. The first-order valence-corrected chi connectivity index (χ1v) is 15.1. The summed E-state index contributed by atoms with van der Waals surface area (Å²) in [6, 6.07) is 18.3. The molecule has 1 atom stereocenters. The van der Waals surface area contributed by atoms with E-state index in [4.69, 9.17) is 23.2 Å². The summed E-state index contributed by atoms with van der Waals surface area (Å²) in [5.74, 6) is -1.17. The second-order valence-electron chi connectivity index (χ2n) is 11.2. The lowest BCUT2D eigenvalue weighted by atomic mass is 9.69. The molecule has 0 saturated heterocycles. The fraction of sp³-hybridized carbons (Fsp3) is 0.312. The van der Waals surface area contributed by atoms with Crippen LogP contribution in [0.3, 0.4) is 0 Å². The lowest BCUT2D eigenvalue weighted by Gasteiger charge is -2.37. The van der Waals surface area contributed by atoms with Gasteiger partial charge in [-0.25, -0.2) is 9.48 Å². The predicted octanol–water partition coefficient (Wildman–Crippen LogP) is 5.74. The second-order valence-corrected chi connectivity index (χ2v) is 12.0. The Hall–Kier alpha value is -4.28. The van der Waals surface area contributed by atoms with Crippen molar-refractivity contribution in [2.24, 2.45) is 12.5 Å². The fourth-order valence-electron chi connectivity index (χ4n) is 5.73. The molecule has 0 unspecified atom stereocenters. The average Bonchev–Trinajstić information content (AvgIpc) is 3.44. The number of halogens is 2. The number of aryl methyl sites for hydroxylation is 1. The molecule has 1 fully saturated rings. The van der Waals surface area contributed by atoms with Crippen molar-refractivity contribution in [2.45, 2.75) is 51.0 Å². The first-order valence-electron chi connectivity index (χ1n) is 14.3. The summed E-state index contributed by atoms with van der Waals surface area (Å²) in [5, 5.41) is 27.7. The molecule has 228 valence electrons. The zero-order chi connectivity index (χ0) is 31.3. The van der Waals surface area contributed by atoms with E-state index in [9.17, 15) is 19.5 Å². The maximum absolute atomic E-state index is 13.8. The highest BCUT2D eigenvalue weighted by Crippen LogP contribution is 2.40. The maximum atomic E-state index is 13.8. The van der Waals surface area contributed by atoms with Crippen LogP contribution >= 0.6 is 23.2 Å². The molecule has 1 aliphatic rings. The summed E-state index contributed by atoms with van der Waals surface area (Å²) >= 11 is 12.3. The molecule has 0 aliphatic heterocycles. The number of rotatable bonds is 10. The molecule has 0 radical (unpaired) electrons. The zero-order valence-corrected chi connectivity index (χ0v) is 25.6. The zero-order valence-electron chi connectivity index (χ0n) is 24.1. The molecule has 1 saturated carbocycles. The molecule has 0 bridgehead atoms. The van der Waals surface area contributed by atoms with Crippen LogP contribution in [0.2, 0.25) is 10.0 Å². The predicted molar refractivity (Wildman–Crippen MR) is 168 cm³/mol. The smallest absolute Gasteiger partial charge is 0.326 e. The number of nitrogens with zero attached hydrogens (tertiary/aromatic N) is 4. The van der Waals surface area contributed by atoms with E-state index >= 15 is 0 Å². The van der Waals surface area contributed by atoms with E-state index in [2.05, 4.69) is 26.2 Å².